The molecule has 3 aromatic carbocycles. The Morgan fingerprint density at radius 3 is 2.53 bits per heavy atom. The van der Waals surface area contributed by atoms with E-state index in [-0.39, 0.29) is 23.7 Å². The van der Waals surface area contributed by atoms with Gasteiger partial charge in [0.1, 0.15) is 11.9 Å². The number of hydrogen-bond donors (Lipinski definition) is 2. The highest BCUT2D eigenvalue weighted by molar-refractivity contribution is 7.99. The maximum Gasteiger partial charge on any atom is 0.318 e. The molecule has 0 radical (unpaired) electrons. The van der Waals surface area contributed by atoms with Gasteiger partial charge in [0.05, 0.1) is 5.69 Å². The maximum absolute atomic E-state index is 14.6. The molecule has 2 aliphatic rings. The number of rotatable bonds is 7. The summed E-state index contributed by atoms with van der Waals surface area (Å²) >= 11 is 1.76. The lowest BCUT2D eigenvalue weighted by atomic mass is 9.91. The Morgan fingerprint density at radius 1 is 1.00 bits per heavy atom. The molecule has 1 aromatic heterocycles. The number of carbonyl (C=O) groups is 2. The van der Waals surface area contributed by atoms with Gasteiger partial charge in [0, 0.05) is 78.6 Å². The van der Waals surface area contributed by atoms with Crippen LogP contribution < -0.4 is 15.1 Å². The molecule has 236 valence electrons. The van der Waals surface area contributed by atoms with Gasteiger partial charge >= 0.3 is 6.03 Å². The molecule has 2 aliphatic heterocycles. The van der Waals surface area contributed by atoms with Crippen molar-refractivity contribution in [3.05, 3.63) is 89.4 Å². The van der Waals surface area contributed by atoms with Crippen LogP contribution in [0.1, 0.15) is 29.5 Å². The van der Waals surface area contributed by atoms with Crippen LogP contribution in [-0.2, 0) is 11.3 Å². The van der Waals surface area contributed by atoms with Gasteiger partial charge in [-0.05, 0) is 74.1 Å². The van der Waals surface area contributed by atoms with E-state index in [1.54, 1.807) is 22.7 Å². The first-order valence-corrected chi connectivity index (χ1v) is 16.5. The molecular formula is C35H41FN6O2S. The smallest absolute Gasteiger partial charge is 0.318 e. The van der Waals surface area contributed by atoms with Gasteiger partial charge in [0.15, 0.2) is 0 Å². The molecule has 0 unspecified atom stereocenters. The number of aryl methyl sites for hydroxylation is 1. The summed E-state index contributed by atoms with van der Waals surface area (Å²) in [6.07, 6.45) is 1.96. The number of urea groups is 1. The van der Waals surface area contributed by atoms with Crippen molar-refractivity contribution >= 4 is 46.0 Å². The summed E-state index contributed by atoms with van der Waals surface area (Å²) in [5.74, 6) is 0.144. The van der Waals surface area contributed by atoms with Crippen LogP contribution in [0.25, 0.3) is 10.9 Å². The summed E-state index contributed by atoms with van der Waals surface area (Å²) in [6, 6.07) is 18.2. The molecule has 1 saturated heterocycles. The minimum Gasteiger partial charge on any atom is -0.368 e. The van der Waals surface area contributed by atoms with Crippen LogP contribution in [0, 0.1) is 12.7 Å². The Bertz CT molecular complexity index is 1700. The molecule has 1 fully saturated rings. The molecule has 0 aliphatic carbocycles. The van der Waals surface area contributed by atoms with Gasteiger partial charge < -0.3 is 29.9 Å². The standard InChI is InChI=1S/C35H41FN6O2S/c1-23-19-26(36)10-11-30(23)40-13-15-41(16-14-40)35(44)38-33(24(2)28-21-37-29-8-6-5-7-27(28)29)34(43)42-17-18-45-32-12-9-25(20-31(32)42)22-39(3)4/h5-12,19-21,24,33,37H,13-18,22H2,1-4H3,(H,38,44)/t24-,33-/m1/s1. The average Bonchev–Trinajstić information content (AvgIpc) is 3.47. The number of amides is 3. The van der Waals surface area contributed by atoms with Gasteiger partial charge in [-0.15, -0.1) is 11.8 Å². The number of H-pyrrole nitrogens is 1. The molecule has 3 amide bonds. The van der Waals surface area contributed by atoms with Crippen molar-refractivity contribution in [2.24, 2.45) is 0 Å². The number of piperazine rings is 1. The second-order valence-corrected chi connectivity index (χ2v) is 13.4. The van der Waals surface area contributed by atoms with E-state index in [2.05, 4.69) is 44.4 Å². The van der Waals surface area contributed by atoms with Crippen LogP contribution in [0.5, 0.6) is 0 Å². The number of aromatic nitrogens is 1. The van der Waals surface area contributed by atoms with Crippen LogP contribution in [0.15, 0.2) is 71.8 Å². The van der Waals surface area contributed by atoms with Crippen LogP contribution in [-0.4, -0.2) is 85.3 Å². The molecule has 2 atom stereocenters. The number of anilines is 2. The molecule has 0 saturated carbocycles. The van der Waals surface area contributed by atoms with Gasteiger partial charge in [0.2, 0.25) is 5.91 Å². The number of hydrogen-bond acceptors (Lipinski definition) is 5. The van der Waals surface area contributed by atoms with Crippen LogP contribution in [0.3, 0.4) is 0 Å². The minimum absolute atomic E-state index is 0.106. The highest BCUT2D eigenvalue weighted by Crippen LogP contribution is 2.37. The topological polar surface area (TPSA) is 74.9 Å². The molecule has 6 rings (SSSR count). The Hall–Kier alpha value is -4.02. The van der Waals surface area contributed by atoms with Crippen molar-refractivity contribution in [1.29, 1.82) is 0 Å². The molecule has 2 N–H and O–H groups in total. The summed E-state index contributed by atoms with van der Waals surface area (Å²) < 4.78 is 13.7. The Morgan fingerprint density at radius 2 is 1.78 bits per heavy atom. The van der Waals surface area contributed by atoms with Gasteiger partial charge in [-0.2, -0.15) is 0 Å². The largest absolute Gasteiger partial charge is 0.368 e. The Balaban J connectivity index is 1.26. The molecule has 4 aromatic rings. The maximum atomic E-state index is 14.6. The van der Waals surface area contributed by atoms with Gasteiger partial charge in [-0.1, -0.05) is 31.2 Å². The predicted octanol–water partition coefficient (Wildman–Crippen LogP) is 5.82. The first kappa shape index (κ1) is 31.0. The zero-order valence-corrected chi connectivity index (χ0v) is 27.2. The molecule has 0 bridgehead atoms. The lowest BCUT2D eigenvalue weighted by molar-refractivity contribution is -0.120. The Labute approximate surface area is 268 Å². The highest BCUT2D eigenvalue weighted by atomic mass is 32.2. The number of para-hydroxylation sites is 1. The summed E-state index contributed by atoms with van der Waals surface area (Å²) in [4.78, 5) is 40.9. The normalized spacial score (nSPS) is 16.5. The van der Waals surface area contributed by atoms with Gasteiger partial charge in [-0.25, -0.2) is 9.18 Å². The number of benzene rings is 3. The van der Waals surface area contributed by atoms with Crippen LogP contribution in [0.4, 0.5) is 20.6 Å². The van der Waals surface area contributed by atoms with E-state index in [0.29, 0.717) is 32.7 Å². The fraction of sp³-hybridized carbons (Fsp3) is 0.371. The third-order valence-corrected chi connectivity index (χ3v) is 9.92. The van der Waals surface area contributed by atoms with Crippen molar-refractivity contribution in [1.82, 2.24) is 20.1 Å². The first-order valence-electron chi connectivity index (χ1n) is 15.5. The summed E-state index contributed by atoms with van der Waals surface area (Å²) in [6.45, 7) is 7.53. The second-order valence-electron chi connectivity index (χ2n) is 12.3. The fourth-order valence-corrected chi connectivity index (χ4v) is 7.50. The number of thioether (sulfide) groups is 1. The molecule has 0 spiro atoms. The lowest BCUT2D eigenvalue weighted by Crippen LogP contribution is -2.58. The number of nitrogens with zero attached hydrogens (tertiary/aromatic N) is 4. The molecule has 45 heavy (non-hydrogen) atoms. The minimum atomic E-state index is -0.775. The van der Waals surface area contributed by atoms with Crippen LogP contribution in [0.2, 0.25) is 0 Å². The summed E-state index contributed by atoms with van der Waals surface area (Å²) in [5.41, 5.74) is 5.89. The summed E-state index contributed by atoms with van der Waals surface area (Å²) in [5, 5.41) is 4.23. The highest BCUT2D eigenvalue weighted by Gasteiger charge is 2.36. The second kappa shape index (κ2) is 13.1. The zero-order valence-electron chi connectivity index (χ0n) is 26.3. The van der Waals surface area contributed by atoms with E-state index < -0.39 is 6.04 Å². The van der Waals surface area contributed by atoms with Crippen molar-refractivity contribution in [3.8, 4) is 0 Å². The SMILES string of the molecule is Cc1cc(F)ccc1N1CCN(C(=O)N[C@@H](C(=O)N2CCSc3ccc(CN(C)C)cc32)[C@H](C)c2c[nH]c3ccccc23)CC1. The Kier molecular flexibility index (Phi) is 9.05. The molecule has 8 nitrogen and oxygen atoms in total. The van der Waals surface area contributed by atoms with E-state index in [9.17, 15) is 14.0 Å². The number of carbonyl (C=O) groups excluding carboxylic acids is 2. The first-order chi connectivity index (χ1) is 21.7. The van der Waals surface area contributed by atoms with E-state index >= 15 is 0 Å². The summed E-state index contributed by atoms with van der Waals surface area (Å²) in [7, 11) is 4.07. The number of nitrogens with one attached hydrogen (secondary N) is 2. The number of aromatic amines is 1. The van der Waals surface area contributed by atoms with Gasteiger partial charge in [-0.3, -0.25) is 4.79 Å². The van der Waals surface area contributed by atoms with E-state index in [1.165, 1.54) is 12.1 Å². The zero-order chi connectivity index (χ0) is 31.7. The number of halogens is 1. The molecule has 3 heterocycles. The third-order valence-electron chi connectivity index (χ3n) is 8.87. The van der Waals surface area contributed by atoms with Crippen LogP contribution >= 0.6 is 11.8 Å². The van der Waals surface area contributed by atoms with Crippen molar-refractivity contribution in [3.63, 3.8) is 0 Å². The van der Waals surface area contributed by atoms with E-state index in [0.717, 1.165) is 56.2 Å². The fourth-order valence-electron chi connectivity index (χ4n) is 6.52. The van der Waals surface area contributed by atoms with E-state index in [4.69, 9.17) is 0 Å². The molecule has 10 heteroatoms. The average molecular weight is 629 g/mol. The van der Waals surface area contributed by atoms with Crippen molar-refractivity contribution in [2.45, 2.75) is 37.2 Å². The number of fused-ring (bicyclic) bond motifs is 2. The third kappa shape index (κ3) is 6.53. The van der Waals surface area contributed by atoms with Crippen molar-refractivity contribution < 1.29 is 14.0 Å². The molecular weight excluding hydrogens is 587 g/mol. The quantitative estimate of drug-likeness (QED) is 0.270. The van der Waals surface area contributed by atoms with Gasteiger partial charge in [0.25, 0.3) is 0 Å². The van der Waals surface area contributed by atoms with E-state index in [1.807, 2.05) is 57.2 Å². The predicted molar refractivity (Wildman–Crippen MR) is 181 cm³/mol. The monoisotopic (exact) mass is 628 g/mol. The lowest BCUT2D eigenvalue weighted by Gasteiger charge is -2.39. The van der Waals surface area contributed by atoms with Crippen molar-refractivity contribution in [2.75, 3.05) is 62.4 Å².